The zero-order valence-electron chi connectivity index (χ0n) is 11.4. The standard InChI is InChI=1S/C15H22N2O/c1-4-16-14-8-5-10(2)9-13(14)15(18)17-11(3)12-6-7-12/h5,8-9,11-12,16H,4,6-7H2,1-3H3,(H,17,18). The summed E-state index contributed by atoms with van der Waals surface area (Å²) in [6, 6.07) is 6.24. The number of hydrogen-bond donors (Lipinski definition) is 2. The van der Waals surface area contributed by atoms with Crippen molar-refractivity contribution in [3.63, 3.8) is 0 Å². The van der Waals surface area contributed by atoms with Crippen molar-refractivity contribution in [3.8, 4) is 0 Å². The lowest BCUT2D eigenvalue weighted by atomic mass is 10.1. The van der Waals surface area contributed by atoms with Gasteiger partial charge < -0.3 is 10.6 Å². The summed E-state index contributed by atoms with van der Waals surface area (Å²) in [4.78, 5) is 12.3. The topological polar surface area (TPSA) is 41.1 Å². The van der Waals surface area contributed by atoms with Crippen LogP contribution in [0.1, 0.15) is 42.6 Å². The summed E-state index contributed by atoms with van der Waals surface area (Å²) in [5.74, 6) is 0.718. The molecule has 0 bridgehead atoms. The number of hydrogen-bond acceptors (Lipinski definition) is 2. The molecular formula is C15H22N2O. The lowest BCUT2D eigenvalue weighted by Crippen LogP contribution is -2.34. The molecule has 0 saturated heterocycles. The van der Waals surface area contributed by atoms with Crippen LogP contribution in [0.5, 0.6) is 0 Å². The Morgan fingerprint density at radius 1 is 1.44 bits per heavy atom. The summed E-state index contributed by atoms with van der Waals surface area (Å²) in [5.41, 5.74) is 2.79. The monoisotopic (exact) mass is 246 g/mol. The predicted molar refractivity (Wildman–Crippen MR) is 75.0 cm³/mol. The van der Waals surface area contributed by atoms with E-state index in [0.717, 1.165) is 23.4 Å². The van der Waals surface area contributed by atoms with Gasteiger partial charge in [0.15, 0.2) is 0 Å². The molecule has 1 fully saturated rings. The Labute approximate surface area is 109 Å². The molecule has 3 heteroatoms. The molecule has 0 aromatic heterocycles. The second kappa shape index (κ2) is 5.42. The third-order valence-corrected chi connectivity index (χ3v) is 3.47. The fraction of sp³-hybridized carbons (Fsp3) is 0.533. The Hall–Kier alpha value is -1.51. The average molecular weight is 246 g/mol. The van der Waals surface area contributed by atoms with Gasteiger partial charge in [-0.15, -0.1) is 0 Å². The highest BCUT2D eigenvalue weighted by Crippen LogP contribution is 2.32. The number of benzene rings is 1. The highest BCUT2D eigenvalue weighted by molar-refractivity contribution is 6.00. The van der Waals surface area contributed by atoms with Crippen LogP contribution in [0, 0.1) is 12.8 Å². The predicted octanol–water partition coefficient (Wildman–Crippen LogP) is 2.96. The minimum absolute atomic E-state index is 0.0362. The van der Waals surface area contributed by atoms with E-state index in [1.165, 1.54) is 12.8 Å². The van der Waals surface area contributed by atoms with Crippen LogP contribution in [-0.2, 0) is 0 Å². The average Bonchev–Trinajstić information content (AvgIpc) is 3.15. The van der Waals surface area contributed by atoms with Crippen molar-refractivity contribution in [3.05, 3.63) is 29.3 Å². The van der Waals surface area contributed by atoms with Crippen LogP contribution in [0.4, 0.5) is 5.69 Å². The van der Waals surface area contributed by atoms with Gasteiger partial charge in [0.1, 0.15) is 0 Å². The van der Waals surface area contributed by atoms with Crippen LogP contribution in [0.2, 0.25) is 0 Å². The van der Waals surface area contributed by atoms with E-state index in [1.807, 2.05) is 32.0 Å². The highest BCUT2D eigenvalue weighted by Gasteiger charge is 2.29. The van der Waals surface area contributed by atoms with Gasteiger partial charge in [-0.05, 0) is 51.7 Å². The van der Waals surface area contributed by atoms with E-state index in [-0.39, 0.29) is 11.9 Å². The first-order chi connectivity index (χ1) is 8.61. The Morgan fingerprint density at radius 2 is 2.17 bits per heavy atom. The molecule has 1 amide bonds. The van der Waals surface area contributed by atoms with Crippen LogP contribution in [0.3, 0.4) is 0 Å². The number of carbonyl (C=O) groups excluding carboxylic acids is 1. The van der Waals surface area contributed by atoms with Crippen molar-refractivity contribution in [2.24, 2.45) is 5.92 Å². The fourth-order valence-electron chi connectivity index (χ4n) is 2.19. The van der Waals surface area contributed by atoms with Crippen LogP contribution < -0.4 is 10.6 Å². The van der Waals surface area contributed by atoms with E-state index in [0.29, 0.717) is 5.92 Å². The van der Waals surface area contributed by atoms with Crippen LogP contribution >= 0.6 is 0 Å². The van der Waals surface area contributed by atoms with Gasteiger partial charge in [0.25, 0.3) is 5.91 Å². The van der Waals surface area contributed by atoms with Crippen molar-refractivity contribution in [1.82, 2.24) is 5.32 Å². The van der Waals surface area contributed by atoms with Gasteiger partial charge in [-0.25, -0.2) is 0 Å². The maximum absolute atomic E-state index is 12.3. The number of anilines is 1. The largest absolute Gasteiger partial charge is 0.385 e. The molecule has 2 rings (SSSR count). The van der Waals surface area contributed by atoms with Gasteiger partial charge in [-0.2, -0.15) is 0 Å². The first kappa shape index (κ1) is 12.9. The van der Waals surface area contributed by atoms with Gasteiger partial charge in [-0.1, -0.05) is 11.6 Å². The summed E-state index contributed by atoms with van der Waals surface area (Å²) in [6.07, 6.45) is 2.49. The molecule has 1 aromatic carbocycles. The molecular weight excluding hydrogens is 224 g/mol. The first-order valence-electron chi connectivity index (χ1n) is 6.77. The quantitative estimate of drug-likeness (QED) is 0.838. The maximum Gasteiger partial charge on any atom is 0.253 e. The number of nitrogens with one attached hydrogen (secondary N) is 2. The van der Waals surface area contributed by atoms with Crippen molar-refractivity contribution < 1.29 is 4.79 Å². The molecule has 0 radical (unpaired) electrons. The molecule has 2 N–H and O–H groups in total. The third-order valence-electron chi connectivity index (χ3n) is 3.47. The van der Waals surface area contributed by atoms with E-state index in [1.54, 1.807) is 0 Å². The minimum atomic E-state index is 0.0362. The van der Waals surface area contributed by atoms with E-state index < -0.39 is 0 Å². The molecule has 0 spiro atoms. The van der Waals surface area contributed by atoms with Crippen LogP contribution in [0.15, 0.2) is 18.2 Å². The second-order valence-electron chi connectivity index (χ2n) is 5.18. The van der Waals surface area contributed by atoms with Gasteiger partial charge in [0.05, 0.1) is 5.56 Å². The molecule has 1 unspecified atom stereocenters. The summed E-state index contributed by atoms with van der Waals surface area (Å²) < 4.78 is 0. The SMILES string of the molecule is CCNc1ccc(C)cc1C(=O)NC(C)C1CC1. The number of rotatable bonds is 5. The molecule has 98 valence electrons. The summed E-state index contributed by atoms with van der Waals surface area (Å²) >= 11 is 0. The smallest absolute Gasteiger partial charge is 0.253 e. The van der Waals surface area contributed by atoms with E-state index in [2.05, 4.69) is 17.6 Å². The molecule has 3 nitrogen and oxygen atoms in total. The van der Waals surface area contributed by atoms with E-state index in [9.17, 15) is 4.79 Å². The normalized spacial score (nSPS) is 16.2. The van der Waals surface area contributed by atoms with Gasteiger partial charge in [0.2, 0.25) is 0 Å². The lowest BCUT2D eigenvalue weighted by Gasteiger charge is -2.16. The molecule has 1 aliphatic carbocycles. The van der Waals surface area contributed by atoms with Gasteiger partial charge in [0, 0.05) is 18.3 Å². The Balaban J connectivity index is 2.13. The Bertz CT molecular complexity index is 438. The van der Waals surface area contributed by atoms with Crippen molar-refractivity contribution in [2.45, 2.75) is 39.7 Å². The molecule has 1 aliphatic rings. The minimum Gasteiger partial charge on any atom is -0.385 e. The second-order valence-corrected chi connectivity index (χ2v) is 5.18. The van der Waals surface area contributed by atoms with Gasteiger partial charge >= 0.3 is 0 Å². The summed E-state index contributed by atoms with van der Waals surface area (Å²) in [7, 11) is 0. The zero-order valence-corrected chi connectivity index (χ0v) is 11.4. The zero-order chi connectivity index (χ0) is 13.1. The third kappa shape index (κ3) is 3.03. The molecule has 0 heterocycles. The van der Waals surface area contributed by atoms with Crippen LogP contribution in [-0.4, -0.2) is 18.5 Å². The van der Waals surface area contributed by atoms with E-state index >= 15 is 0 Å². The summed E-state index contributed by atoms with van der Waals surface area (Å²) in [5, 5.41) is 6.35. The van der Waals surface area contributed by atoms with Crippen molar-refractivity contribution in [2.75, 3.05) is 11.9 Å². The molecule has 18 heavy (non-hydrogen) atoms. The highest BCUT2D eigenvalue weighted by atomic mass is 16.1. The molecule has 1 atom stereocenters. The lowest BCUT2D eigenvalue weighted by molar-refractivity contribution is 0.0936. The van der Waals surface area contributed by atoms with Crippen molar-refractivity contribution in [1.29, 1.82) is 0 Å². The summed E-state index contributed by atoms with van der Waals surface area (Å²) in [6.45, 7) is 6.96. The van der Waals surface area contributed by atoms with Gasteiger partial charge in [-0.3, -0.25) is 4.79 Å². The van der Waals surface area contributed by atoms with Crippen LogP contribution in [0.25, 0.3) is 0 Å². The molecule has 1 saturated carbocycles. The molecule has 0 aliphatic heterocycles. The number of carbonyl (C=O) groups is 1. The van der Waals surface area contributed by atoms with E-state index in [4.69, 9.17) is 0 Å². The first-order valence-corrected chi connectivity index (χ1v) is 6.77. The van der Waals surface area contributed by atoms with Crippen molar-refractivity contribution >= 4 is 11.6 Å². The fourth-order valence-corrected chi connectivity index (χ4v) is 2.19. The number of aryl methyl sites for hydroxylation is 1. The Kier molecular flexibility index (Phi) is 3.90. The maximum atomic E-state index is 12.3. The molecule has 1 aromatic rings. The Morgan fingerprint density at radius 3 is 2.78 bits per heavy atom. The number of amides is 1.